The molecule has 19 heavy (non-hydrogen) atoms. The van der Waals surface area contributed by atoms with E-state index in [1.165, 1.54) is 12.8 Å². The van der Waals surface area contributed by atoms with Crippen molar-refractivity contribution in [2.24, 2.45) is 5.92 Å². The first-order valence-corrected chi connectivity index (χ1v) is 6.84. The van der Waals surface area contributed by atoms with Crippen molar-refractivity contribution in [3.05, 3.63) is 24.3 Å². The monoisotopic (exact) mass is 262 g/mol. The van der Waals surface area contributed by atoms with E-state index in [-0.39, 0.29) is 18.6 Å². The van der Waals surface area contributed by atoms with Gasteiger partial charge in [0.15, 0.2) is 6.61 Å². The third-order valence-electron chi connectivity index (χ3n) is 3.32. The summed E-state index contributed by atoms with van der Waals surface area (Å²) in [4.78, 5) is 14.1. The first kappa shape index (κ1) is 13.7. The van der Waals surface area contributed by atoms with Gasteiger partial charge in [-0.3, -0.25) is 4.79 Å². The highest BCUT2D eigenvalue weighted by Gasteiger charge is 2.28. The molecule has 4 heteroatoms. The molecule has 1 amide bonds. The molecule has 1 fully saturated rings. The smallest absolute Gasteiger partial charge is 0.260 e. The number of hydrogen-bond acceptors (Lipinski definition) is 3. The van der Waals surface area contributed by atoms with Gasteiger partial charge < -0.3 is 15.4 Å². The minimum atomic E-state index is 0.0457. The van der Waals surface area contributed by atoms with Crippen molar-refractivity contribution in [3.63, 3.8) is 0 Å². The number of nitrogen functional groups attached to an aromatic ring is 1. The summed E-state index contributed by atoms with van der Waals surface area (Å²) in [5.41, 5.74) is 6.31. The lowest BCUT2D eigenvalue weighted by atomic mass is 10.2. The molecule has 0 bridgehead atoms. The summed E-state index contributed by atoms with van der Waals surface area (Å²) in [6, 6.07) is 7.37. The third-order valence-corrected chi connectivity index (χ3v) is 3.32. The molecule has 0 aromatic heterocycles. The fraction of sp³-hybridized carbons (Fsp3) is 0.533. The molecule has 1 aliphatic rings. The van der Waals surface area contributed by atoms with E-state index < -0.39 is 0 Å². The van der Waals surface area contributed by atoms with Gasteiger partial charge in [0, 0.05) is 24.3 Å². The van der Waals surface area contributed by atoms with E-state index in [1.54, 1.807) is 12.1 Å². The first-order chi connectivity index (χ1) is 9.06. The molecule has 1 aromatic carbocycles. The van der Waals surface area contributed by atoms with Crippen LogP contribution < -0.4 is 10.5 Å². The Balaban J connectivity index is 1.87. The molecular formula is C15H22N2O2. The standard InChI is InChI=1S/C15H22N2O2/c1-11(2)17(9-12-6-7-12)15(18)10-19-14-5-3-4-13(16)8-14/h3-5,8,11-12H,6-7,9-10,16H2,1-2H3. The van der Waals surface area contributed by atoms with Crippen molar-refractivity contribution in [1.29, 1.82) is 0 Å². The maximum atomic E-state index is 12.2. The van der Waals surface area contributed by atoms with Gasteiger partial charge in [-0.15, -0.1) is 0 Å². The van der Waals surface area contributed by atoms with E-state index in [0.29, 0.717) is 17.4 Å². The Morgan fingerprint density at radius 3 is 2.79 bits per heavy atom. The van der Waals surface area contributed by atoms with Crippen LogP contribution in [0.15, 0.2) is 24.3 Å². The zero-order valence-corrected chi connectivity index (χ0v) is 11.6. The lowest BCUT2D eigenvalue weighted by Crippen LogP contribution is -2.41. The number of ether oxygens (including phenoxy) is 1. The molecule has 1 saturated carbocycles. The Hall–Kier alpha value is -1.71. The fourth-order valence-corrected chi connectivity index (χ4v) is 2.01. The van der Waals surface area contributed by atoms with Crippen LogP contribution >= 0.6 is 0 Å². The van der Waals surface area contributed by atoms with Crippen LogP contribution in [-0.2, 0) is 4.79 Å². The minimum absolute atomic E-state index is 0.0457. The van der Waals surface area contributed by atoms with Crippen LogP contribution in [0.3, 0.4) is 0 Å². The zero-order valence-electron chi connectivity index (χ0n) is 11.6. The number of nitrogens with zero attached hydrogens (tertiary/aromatic N) is 1. The van der Waals surface area contributed by atoms with E-state index in [2.05, 4.69) is 0 Å². The van der Waals surface area contributed by atoms with E-state index >= 15 is 0 Å². The molecule has 0 saturated heterocycles. The third kappa shape index (κ3) is 4.16. The Bertz CT molecular complexity index is 442. The van der Waals surface area contributed by atoms with Gasteiger partial charge in [0.25, 0.3) is 5.91 Å². The molecule has 2 rings (SSSR count). The summed E-state index contributed by atoms with van der Waals surface area (Å²) < 4.78 is 5.51. The quantitative estimate of drug-likeness (QED) is 0.800. The van der Waals surface area contributed by atoms with Crippen LogP contribution in [0.25, 0.3) is 0 Å². The Kier molecular flexibility index (Phi) is 4.30. The lowest BCUT2D eigenvalue weighted by Gasteiger charge is -2.26. The zero-order chi connectivity index (χ0) is 13.8. The predicted octanol–water partition coefficient (Wildman–Crippen LogP) is 2.29. The van der Waals surface area contributed by atoms with Crippen LogP contribution in [0.4, 0.5) is 5.69 Å². The van der Waals surface area contributed by atoms with Gasteiger partial charge in [-0.25, -0.2) is 0 Å². The molecule has 0 aliphatic heterocycles. The largest absolute Gasteiger partial charge is 0.484 e. The van der Waals surface area contributed by atoms with E-state index in [0.717, 1.165) is 6.54 Å². The number of anilines is 1. The number of nitrogens with two attached hydrogens (primary N) is 1. The van der Waals surface area contributed by atoms with Gasteiger partial charge in [-0.05, 0) is 44.7 Å². The molecule has 0 spiro atoms. The van der Waals surface area contributed by atoms with Gasteiger partial charge in [0.1, 0.15) is 5.75 Å². The van der Waals surface area contributed by atoms with Crippen LogP contribution in [0.2, 0.25) is 0 Å². The molecule has 0 heterocycles. The van der Waals surface area contributed by atoms with Crippen LogP contribution in [-0.4, -0.2) is 30.0 Å². The Morgan fingerprint density at radius 2 is 2.21 bits per heavy atom. The highest BCUT2D eigenvalue weighted by atomic mass is 16.5. The van der Waals surface area contributed by atoms with Crippen molar-refractivity contribution in [1.82, 2.24) is 4.90 Å². The van der Waals surface area contributed by atoms with Crippen molar-refractivity contribution >= 4 is 11.6 Å². The summed E-state index contributed by atoms with van der Waals surface area (Å²) in [5, 5.41) is 0. The average Bonchev–Trinajstić information content (AvgIpc) is 3.17. The highest BCUT2D eigenvalue weighted by molar-refractivity contribution is 5.78. The molecule has 0 unspecified atom stereocenters. The molecule has 1 aliphatic carbocycles. The minimum Gasteiger partial charge on any atom is -0.484 e. The van der Waals surface area contributed by atoms with Gasteiger partial charge in [-0.1, -0.05) is 6.07 Å². The molecule has 104 valence electrons. The van der Waals surface area contributed by atoms with Crippen molar-refractivity contribution in [3.8, 4) is 5.75 Å². The predicted molar refractivity (Wildman–Crippen MR) is 75.9 cm³/mol. The molecule has 4 nitrogen and oxygen atoms in total. The SMILES string of the molecule is CC(C)N(CC1CC1)C(=O)COc1cccc(N)c1. The fourth-order valence-electron chi connectivity index (χ4n) is 2.01. The van der Waals surface area contributed by atoms with Gasteiger partial charge in [0.05, 0.1) is 0 Å². The number of carbonyl (C=O) groups excluding carboxylic acids is 1. The summed E-state index contributed by atoms with van der Waals surface area (Å²) in [7, 11) is 0. The first-order valence-electron chi connectivity index (χ1n) is 6.84. The lowest BCUT2D eigenvalue weighted by molar-refractivity contribution is -0.135. The second-order valence-electron chi connectivity index (χ2n) is 5.44. The van der Waals surface area contributed by atoms with Crippen molar-refractivity contribution < 1.29 is 9.53 Å². The number of amides is 1. The number of carbonyl (C=O) groups is 1. The van der Waals surface area contributed by atoms with Crippen LogP contribution in [0.1, 0.15) is 26.7 Å². The van der Waals surface area contributed by atoms with Crippen molar-refractivity contribution in [2.45, 2.75) is 32.7 Å². The topological polar surface area (TPSA) is 55.6 Å². The summed E-state index contributed by atoms with van der Waals surface area (Å²) in [6.07, 6.45) is 2.49. The normalized spacial score (nSPS) is 14.5. The number of hydrogen-bond donors (Lipinski definition) is 1. The average molecular weight is 262 g/mol. The van der Waals surface area contributed by atoms with Gasteiger partial charge in [0.2, 0.25) is 0 Å². The molecule has 0 atom stereocenters. The number of rotatable bonds is 6. The molecular weight excluding hydrogens is 240 g/mol. The second kappa shape index (κ2) is 5.95. The molecule has 2 N–H and O–H groups in total. The number of benzene rings is 1. The van der Waals surface area contributed by atoms with E-state index in [9.17, 15) is 4.79 Å². The molecule has 0 radical (unpaired) electrons. The second-order valence-corrected chi connectivity index (χ2v) is 5.44. The van der Waals surface area contributed by atoms with Gasteiger partial charge in [-0.2, -0.15) is 0 Å². The van der Waals surface area contributed by atoms with E-state index in [4.69, 9.17) is 10.5 Å². The summed E-state index contributed by atoms with van der Waals surface area (Å²) in [5.74, 6) is 1.38. The molecule has 1 aromatic rings. The van der Waals surface area contributed by atoms with Gasteiger partial charge >= 0.3 is 0 Å². The maximum absolute atomic E-state index is 12.2. The van der Waals surface area contributed by atoms with Crippen LogP contribution in [0.5, 0.6) is 5.75 Å². The van der Waals surface area contributed by atoms with Crippen LogP contribution in [0, 0.1) is 5.92 Å². The highest BCUT2D eigenvalue weighted by Crippen LogP contribution is 2.30. The van der Waals surface area contributed by atoms with E-state index in [1.807, 2.05) is 30.9 Å². The van der Waals surface area contributed by atoms with Crippen molar-refractivity contribution in [2.75, 3.05) is 18.9 Å². The summed E-state index contributed by atoms with van der Waals surface area (Å²) in [6.45, 7) is 5.02. The summed E-state index contributed by atoms with van der Waals surface area (Å²) >= 11 is 0. The Labute approximate surface area is 114 Å². The maximum Gasteiger partial charge on any atom is 0.260 e. The Morgan fingerprint density at radius 1 is 1.47 bits per heavy atom.